The summed E-state index contributed by atoms with van der Waals surface area (Å²) in [4.78, 5) is 67.8. The normalized spacial score (nSPS) is 17.7. The maximum atomic E-state index is 14.9. The molecule has 170 valence electrons. The number of fused-ring (bicyclic) bond motifs is 1. The summed E-state index contributed by atoms with van der Waals surface area (Å²) < 4.78 is 19.5. The van der Waals surface area contributed by atoms with Gasteiger partial charge in [-0.15, -0.1) is 0 Å². The number of carbonyl (C=O) groups is 5. The zero-order chi connectivity index (χ0) is 23.9. The Hall–Kier alpha value is -4.15. The van der Waals surface area contributed by atoms with Crippen LogP contribution in [0.4, 0.5) is 10.1 Å². The van der Waals surface area contributed by atoms with Gasteiger partial charge in [0.05, 0.1) is 41.7 Å². The van der Waals surface area contributed by atoms with E-state index in [-0.39, 0.29) is 41.8 Å². The number of methoxy groups -OCH3 is 1. The molecule has 1 fully saturated rings. The van der Waals surface area contributed by atoms with Gasteiger partial charge in [-0.2, -0.15) is 0 Å². The van der Waals surface area contributed by atoms with Crippen molar-refractivity contribution in [3.05, 3.63) is 58.7 Å². The molecular weight excluding hydrogens is 435 g/mol. The van der Waals surface area contributed by atoms with E-state index in [1.54, 1.807) is 6.07 Å². The molecule has 1 unspecified atom stereocenters. The predicted molar refractivity (Wildman–Crippen MR) is 111 cm³/mol. The van der Waals surface area contributed by atoms with Crippen LogP contribution < -0.4 is 10.2 Å². The van der Waals surface area contributed by atoms with Crippen molar-refractivity contribution in [1.29, 1.82) is 0 Å². The molecule has 33 heavy (non-hydrogen) atoms. The number of anilines is 1. The quantitative estimate of drug-likeness (QED) is 0.525. The number of imide groups is 2. The summed E-state index contributed by atoms with van der Waals surface area (Å²) in [6.07, 6.45) is 1.30. The van der Waals surface area contributed by atoms with E-state index in [2.05, 4.69) is 15.0 Å². The number of pyridine rings is 1. The van der Waals surface area contributed by atoms with Crippen molar-refractivity contribution in [2.75, 3.05) is 19.1 Å². The van der Waals surface area contributed by atoms with Gasteiger partial charge in [-0.25, -0.2) is 9.18 Å². The van der Waals surface area contributed by atoms with E-state index in [1.807, 2.05) is 0 Å². The lowest BCUT2D eigenvalue weighted by atomic mass is 10.0. The Kier molecular flexibility index (Phi) is 5.62. The third-order valence-corrected chi connectivity index (χ3v) is 5.56. The number of aromatic nitrogens is 1. The number of ether oxygens (including phenoxy) is 1. The van der Waals surface area contributed by atoms with Gasteiger partial charge in [-0.1, -0.05) is 0 Å². The summed E-state index contributed by atoms with van der Waals surface area (Å²) in [6.45, 7) is 0.0642. The molecule has 1 saturated heterocycles. The summed E-state index contributed by atoms with van der Waals surface area (Å²) in [7, 11) is 2.78. The number of carbonyl (C=O) groups excluding carboxylic acids is 5. The number of esters is 1. The molecule has 3 heterocycles. The molecule has 1 aromatic heterocycles. The van der Waals surface area contributed by atoms with Gasteiger partial charge in [-0.3, -0.25) is 34.4 Å². The SMILES string of the molecule is COC(=O)c1ccc(CN(C)c2c(F)ccc3c2C(=O)N(C2CCC(=O)NC2=O)C3=O)nc1. The maximum absolute atomic E-state index is 14.9. The van der Waals surface area contributed by atoms with E-state index >= 15 is 0 Å². The summed E-state index contributed by atoms with van der Waals surface area (Å²) in [6, 6.07) is 4.21. The van der Waals surface area contributed by atoms with Crippen molar-refractivity contribution in [3.63, 3.8) is 0 Å². The number of benzene rings is 1. The minimum atomic E-state index is -1.15. The zero-order valence-corrected chi connectivity index (χ0v) is 17.8. The first-order valence-corrected chi connectivity index (χ1v) is 10.0. The van der Waals surface area contributed by atoms with Crippen molar-refractivity contribution in [2.45, 2.75) is 25.4 Å². The molecule has 1 N–H and O–H groups in total. The smallest absolute Gasteiger partial charge is 0.339 e. The van der Waals surface area contributed by atoms with Crippen LogP contribution in [0, 0.1) is 5.82 Å². The molecule has 1 atom stereocenters. The number of nitrogens with one attached hydrogen (secondary N) is 1. The van der Waals surface area contributed by atoms with Crippen molar-refractivity contribution < 1.29 is 33.1 Å². The highest BCUT2D eigenvalue weighted by Gasteiger charge is 2.46. The molecule has 1 aromatic carbocycles. The van der Waals surface area contributed by atoms with Crippen LogP contribution in [-0.4, -0.2) is 59.7 Å². The van der Waals surface area contributed by atoms with Crippen LogP contribution in [0.15, 0.2) is 30.5 Å². The van der Waals surface area contributed by atoms with Gasteiger partial charge in [0.2, 0.25) is 11.8 Å². The van der Waals surface area contributed by atoms with E-state index in [4.69, 9.17) is 0 Å². The molecule has 2 aliphatic heterocycles. The van der Waals surface area contributed by atoms with Crippen LogP contribution in [0.2, 0.25) is 0 Å². The van der Waals surface area contributed by atoms with Crippen LogP contribution in [-0.2, 0) is 20.9 Å². The summed E-state index contributed by atoms with van der Waals surface area (Å²) in [5.74, 6) is -4.03. The van der Waals surface area contributed by atoms with Crippen LogP contribution >= 0.6 is 0 Å². The molecule has 0 radical (unpaired) electrons. The predicted octanol–water partition coefficient (Wildman–Crippen LogP) is 1.04. The second kappa shape index (κ2) is 8.41. The Morgan fingerprint density at radius 2 is 1.97 bits per heavy atom. The van der Waals surface area contributed by atoms with Crippen molar-refractivity contribution in [1.82, 2.24) is 15.2 Å². The first-order valence-electron chi connectivity index (χ1n) is 10.0. The Morgan fingerprint density at radius 3 is 2.61 bits per heavy atom. The Balaban J connectivity index is 1.64. The third kappa shape index (κ3) is 3.81. The van der Waals surface area contributed by atoms with Crippen molar-refractivity contribution >= 4 is 35.3 Å². The molecule has 4 rings (SSSR count). The highest BCUT2D eigenvalue weighted by Crippen LogP contribution is 2.36. The molecule has 2 aromatic rings. The van der Waals surface area contributed by atoms with Gasteiger partial charge in [0.15, 0.2) is 0 Å². The second-order valence-corrected chi connectivity index (χ2v) is 7.65. The fourth-order valence-corrected chi connectivity index (χ4v) is 3.97. The van der Waals surface area contributed by atoms with E-state index in [0.29, 0.717) is 5.69 Å². The first-order chi connectivity index (χ1) is 15.7. The number of hydrogen-bond donors (Lipinski definition) is 1. The molecule has 10 nitrogen and oxygen atoms in total. The monoisotopic (exact) mass is 454 g/mol. The molecular formula is C22H19FN4O6. The van der Waals surface area contributed by atoms with Gasteiger partial charge in [0.1, 0.15) is 11.9 Å². The average Bonchev–Trinajstić information content (AvgIpc) is 3.03. The van der Waals surface area contributed by atoms with Gasteiger partial charge < -0.3 is 9.64 Å². The third-order valence-electron chi connectivity index (χ3n) is 5.56. The molecule has 4 amide bonds. The standard InChI is InChI=1S/C22H19FN4O6/c1-26(10-12-4-3-11(9-24-12)22(32)33-2)18-14(23)6-5-13-17(18)21(31)27(20(13)30)15-7-8-16(28)25-19(15)29/h3-6,9,15H,7-8,10H2,1-2H3,(H,25,28,29). The van der Waals surface area contributed by atoms with E-state index in [9.17, 15) is 28.4 Å². The summed E-state index contributed by atoms with van der Waals surface area (Å²) in [5, 5.41) is 2.12. The van der Waals surface area contributed by atoms with Gasteiger partial charge >= 0.3 is 5.97 Å². The number of nitrogens with zero attached hydrogens (tertiary/aromatic N) is 3. The largest absolute Gasteiger partial charge is 0.465 e. The summed E-state index contributed by atoms with van der Waals surface area (Å²) in [5.41, 5.74) is 0.428. The molecule has 0 saturated carbocycles. The molecule has 0 aliphatic carbocycles. The lowest BCUT2D eigenvalue weighted by Crippen LogP contribution is -2.54. The molecule has 11 heteroatoms. The van der Waals surface area contributed by atoms with Crippen LogP contribution in [0.1, 0.15) is 49.6 Å². The molecule has 2 aliphatic rings. The van der Waals surface area contributed by atoms with Crippen LogP contribution in [0.5, 0.6) is 0 Å². The highest BCUT2D eigenvalue weighted by molar-refractivity contribution is 6.25. The van der Waals surface area contributed by atoms with Gasteiger partial charge in [0, 0.05) is 19.7 Å². The topological polar surface area (TPSA) is 126 Å². The number of halogens is 1. The Morgan fingerprint density at radius 1 is 1.21 bits per heavy atom. The van der Waals surface area contributed by atoms with Gasteiger partial charge in [0.25, 0.3) is 11.8 Å². The molecule has 0 bridgehead atoms. The minimum absolute atomic E-state index is 0.000251. The van der Waals surface area contributed by atoms with Crippen LogP contribution in [0.25, 0.3) is 0 Å². The lowest BCUT2D eigenvalue weighted by molar-refractivity contribution is -0.136. The van der Waals surface area contributed by atoms with Gasteiger partial charge in [-0.05, 0) is 30.7 Å². The number of amides is 4. The number of hydrogen-bond acceptors (Lipinski definition) is 8. The fourth-order valence-electron chi connectivity index (χ4n) is 3.97. The van der Waals surface area contributed by atoms with Crippen LogP contribution in [0.3, 0.4) is 0 Å². The average molecular weight is 454 g/mol. The van der Waals surface area contributed by atoms with Crippen molar-refractivity contribution in [2.24, 2.45) is 0 Å². The Bertz CT molecular complexity index is 1200. The van der Waals surface area contributed by atoms with Crippen molar-refractivity contribution in [3.8, 4) is 0 Å². The summed E-state index contributed by atoms with van der Waals surface area (Å²) >= 11 is 0. The first kappa shape index (κ1) is 22.1. The Labute approximate surface area is 187 Å². The van der Waals surface area contributed by atoms with E-state index in [1.165, 1.54) is 37.4 Å². The maximum Gasteiger partial charge on any atom is 0.339 e. The lowest BCUT2D eigenvalue weighted by Gasteiger charge is -2.28. The van der Waals surface area contributed by atoms with E-state index in [0.717, 1.165) is 11.0 Å². The second-order valence-electron chi connectivity index (χ2n) is 7.65. The minimum Gasteiger partial charge on any atom is -0.465 e. The number of rotatable bonds is 5. The fraction of sp³-hybridized carbons (Fsp3) is 0.273. The zero-order valence-electron chi connectivity index (χ0n) is 17.8. The van der Waals surface area contributed by atoms with E-state index < -0.39 is 41.5 Å². The number of piperidine rings is 1. The highest BCUT2D eigenvalue weighted by atomic mass is 19.1. The molecule has 0 spiro atoms.